The van der Waals surface area contributed by atoms with Crippen LogP contribution in [0.25, 0.3) is 0 Å². The van der Waals surface area contributed by atoms with Gasteiger partial charge >= 0.3 is 11.9 Å². The summed E-state index contributed by atoms with van der Waals surface area (Å²) in [6.07, 6.45) is 7.14. The lowest BCUT2D eigenvalue weighted by Crippen LogP contribution is -2.06. The van der Waals surface area contributed by atoms with Gasteiger partial charge in [0.15, 0.2) is 0 Å². The molecule has 0 heterocycles. The Kier molecular flexibility index (Phi) is 4.09. The van der Waals surface area contributed by atoms with E-state index in [0.717, 1.165) is 12.8 Å². The molecule has 82 valence electrons. The molecule has 0 aromatic carbocycles. The lowest BCUT2D eigenvalue weighted by atomic mass is 9.95. The fraction of sp³-hybridized carbons (Fsp3) is 0.455. The van der Waals surface area contributed by atoms with E-state index >= 15 is 0 Å². The smallest absolute Gasteiger partial charge is 0.307 e. The van der Waals surface area contributed by atoms with Crippen LogP contribution in [0.15, 0.2) is 23.8 Å². The van der Waals surface area contributed by atoms with Crippen molar-refractivity contribution in [2.75, 3.05) is 0 Å². The van der Waals surface area contributed by atoms with Crippen LogP contribution < -0.4 is 0 Å². The average Bonchev–Trinajstić information content (AvgIpc) is 2.63. The molecule has 1 unspecified atom stereocenters. The standard InChI is InChI=1S/C11H14O4/c12-10(13)6-5-9(7-11(14)15)8-3-1-2-4-8/h1,3,5,8H,2,4,6-7H2,(H,12,13)(H,14,15). The summed E-state index contributed by atoms with van der Waals surface area (Å²) in [6.45, 7) is 0. The molecule has 1 aliphatic rings. The lowest BCUT2D eigenvalue weighted by molar-refractivity contribution is -0.137. The third kappa shape index (κ3) is 3.97. The normalized spacial score (nSPS) is 20.5. The maximum Gasteiger partial charge on any atom is 0.307 e. The second kappa shape index (κ2) is 5.34. The molecule has 1 rings (SSSR count). The summed E-state index contributed by atoms with van der Waals surface area (Å²) in [5.74, 6) is -1.73. The molecule has 1 atom stereocenters. The Morgan fingerprint density at radius 2 is 2.07 bits per heavy atom. The molecule has 0 aromatic heterocycles. The Labute approximate surface area is 87.9 Å². The number of carboxylic acids is 2. The molecule has 0 radical (unpaired) electrons. The van der Waals surface area contributed by atoms with Gasteiger partial charge in [0.1, 0.15) is 0 Å². The van der Waals surface area contributed by atoms with Crippen molar-refractivity contribution in [2.24, 2.45) is 5.92 Å². The van der Waals surface area contributed by atoms with E-state index in [4.69, 9.17) is 10.2 Å². The fourth-order valence-electron chi connectivity index (χ4n) is 1.69. The van der Waals surface area contributed by atoms with Crippen LogP contribution in [0.1, 0.15) is 25.7 Å². The van der Waals surface area contributed by atoms with Gasteiger partial charge in [-0.15, -0.1) is 0 Å². The quantitative estimate of drug-likeness (QED) is 0.679. The molecule has 4 heteroatoms. The van der Waals surface area contributed by atoms with E-state index in [-0.39, 0.29) is 18.8 Å². The predicted molar refractivity (Wildman–Crippen MR) is 54.5 cm³/mol. The first kappa shape index (κ1) is 11.5. The zero-order valence-electron chi connectivity index (χ0n) is 8.35. The van der Waals surface area contributed by atoms with Crippen molar-refractivity contribution < 1.29 is 19.8 Å². The zero-order valence-corrected chi connectivity index (χ0v) is 8.35. The molecule has 0 spiro atoms. The van der Waals surface area contributed by atoms with E-state index in [0.29, 0.717) is 5.57 Å². The van der Waals surface area contributed by atoms with Gasteiger partial charge in [0.25, 0.3) is 0 Å². The Hall–Kier alpha value is -1.58. The molecule has 4 nitrogen and oxygen atoms in total. The molecule has 0 saturated carbocycles. The van der Waals surface area contributed by atoms with Crippen LogP contribution in [0.5, 0.6) is 0 Å². The Bertz CT molecular complexity index is 315. The minimum Gasteiger partial charge on any atom is -0.481 e. The summed E-state index contributed by atoms with van der Waals surface area (Å²) in [4.78, 5) is 21.0. The van der Waals surface area contributed by atoms with E-state index in [9.17, 15) is 9.59 Å². The number of carboxylic acid groups (broad SMARTS) is 2. The van der Waals surface area contributed by atoms with E-state index in [1.807, 2.05) is 12.2 Å². The van der Waals surface area contributed by atoms with Crippen molar-refractivity contribution in [1.29, 1.82) is 0 Å². The van der Waals surface area contributed by atoms with Crippen LogP contribution in [0.2, 0.25) is 0 Å². The topological polar surface area (TPSA) is 74.6 Å². The molecule has 0 saturated heterocycles. The second-order valence-corrected chi connectivity index (χ2v) is 3.56. The fourth-order valence-corrected chi connectivity index (χ4v) is 1.69. The number of aliphatic carboxylic acids is 2. The summed E-state index contributed by atoms with van der Waals surface area (Å²) in [7, 11) is 0. The minimum absolute atomic E-state index is 0.0672. The summed E-state index contributed by atoms with van der Waals surface area (Å²) in [5, 5.41) is 17.2. The highest BCUT2D eigenvalue weighted by molar-refractivity contribution is 5.72. The average molecular weight is 210 g/mol. The van der Waals surface area contributed by atoms with Crippen molar-refractivity contribution in [2.45, 2.75) is 25.7 Å². The second-order valence-electron chi connectivity index (χ2n) is 3.56. The SMILES string of the molecule is O=C(O)CC=C(CC(=O)O)C1C=CCC1. The molecular weight excluding hydrogens is 196 g/mol. The Morgan fingerprint density at radius 1 is 1.33 bits per heavy atom. The zero-order chi connectivity index (χ0) is 11.3. The third-order valence-electron chi connectivity index (χ3n) is 2.38. The van der Waals surface area contributed by atoms with Crippen molar-refractivity contribution in [3.63, 3.8) is 0 Å². The molecule has 0 aliphatic heterocycles. The third-order valence-corrected chi connectivity index (χ3v) is 2.38. The molecule has 1 aliphatic carbocycles. The number of allylic oxidation sites excluding steroid dienone is 2. The summed E-state index contributed by atoms with van der Waals surface area (Å²) in [6, 6.07) is 0. The van der Waals surface area contributed by atoms with Gasteiger partial charge in [0.05, 0.1) is 12.8 Å². The minimum atomic E-state index is -0.931. The van der Waals surface area contributed by atoms with E-state index in [1.165, 1.54) is 6.08 Å². The van der Waals surface area contributed by atoms with E-state index < -0.39 is 11.9 Å². The molecule has 0 aromatic rings. The van der Waals surface area contributed by atoms with Crippen LogP contribution in [0.4, 0.5) is 0 Å². The Morgan fingerprint density at radius 3 is 2.53 bits per heavy atom. The maximum absolute atomic E-state index is 10.6. The highest BCUT2D eigenvalue weighted by atomic mass is 16.4. The van der Waals surface area contributed by atoms with Crippen LogP contribution in [-0.2, 0) is 9.59 Å². The van der Waals surface area contributed by atoms with Gasteiger partial charge in [-0.05, 0) is 18.8 Å². The van der Waals surface area contributed by atoms with Crippen LogP contribution in [-0.4, -0.2) is 22.2 Å². The molecule has 0 bridgehead atoms. The van der Waals surface area contributed by atoms with Crippen molar-refractivity contribution >= 4 is 11.9 Å². The van der Waals surface area contributed by atoms with Gasteiger partial charge in [-0.2, -0.15) is 0 Å². The Balaban J connectivity index is 2.67. The van der Waals surface area contributed by atoms with Gasteiger partial charge in [-0.1, -0.05) is 23.8 Å². The lowest BCUT2D eigenvalue weighted by Gasteiger charge is -2.10. The van der Waals surface area contributed by atoms with Crippen LogP contribution in [0.3, 0.4) is 0 Å². The maximum atomic E-state index is 10.6. The van der Waals surface area contributed by atoms with E-state index in [1.54, 1.807) is 0 Å². The molecule has 0 fully saturated rings. The first-order chi connectivity index (χ1) is 7.09. The van der Waals surface area contributed by atoms with Crippen LogP contribution >= 0.6 is 0 Å². The van der Waals surface area contributed by atoms with Gasteiger partial charge in [-0.25, -0.2) is 0 Å². The number of rotatable bonds is 5. The van der Waals surface area contributed by atoms with E-state index in [2.05, 4.69) is 0 Å². The summed E-state index contributed by atoms with van der Waals surface area (Å²) in [5.41, 5.74) is 0.707. The number of hydrogen-bond acceptors (Lipinski definition) is 2. The highest BCUT2D eigenvalue weighted by Crippen LogP contribution is 2.27. The van der Waals surface area contributed by atoms with Gasteiger partial charge in [0.2, 0.25) is 0 Å². The number of hydrogen-bond donors (Lipinski definition) is 2. The van der Waals surface area contributed by atoms with Crippen molar-refractivity contribution in [3.05, 3.63) is 23.8 Å². The monoisotopic (exact) mass is 210 g/mol. The van der Waals surface area contributed by atoms with Gasteiger partial charge in [-0.3, -0.25) is 9.59 Å². The molecule has 15 heavy (non-hydrogen) atoms. The summed E-state index contributed by atoms with van der Waals surface area (Å²) >= 11 is 0. The first-order valence-corrected chi connectivity index (χ1v) is 4.88. The number of carbonyl (C=O) groups is 2. The first-order valence-electron chi connectivity index (χ1n) is 4.88. The van der Waals surface area contributed by atoms with Crippen molar-refractivity contribution in [1.82, 2.24) is 0 Å². The van der Waals surface area contributed by atoms with Crippen LogP contribution in [0, 0.1) is 5.92 Å². The van der Waals surface area contributed by atoms with Gasteiger partial charge in [0, 0.05) is 0 Å². The summed E-state index contributed by atoms with van der Waals surface area (Å²) < 4.78 is 0. The van der Waals surface area contributed by atoms with Gasteiger partial charge < -0.3 is 10.2 Å². The molecule has 0 amide bonds. The van der Waals surface area contributed by atoms with Crippen molar-refractivity contribution in [3.8, 4) is 0 Å². The highest BCUT2D eigenvalue weighted by Gasteiger charge is 2.17. The largest absolute Gasteiger partial charge is 0.481 e. The molecular formula is C11H14O4. The predicted octanol–water partition coefficient (Wildman–Crippen LogP) is 1.83. The molecule has 2 N–H and O–H groups in total.